The molecule has 0 aliphatic carbocycles. The molecule has 1 unspecified atom stereocenters. The molecule has 120 valence electrons. The van der Waals surface area contributed by atoms with Crippen LogP contribution in [0.1, 0.15) is 24.6 Å². The molecular weight excluding hydrogens is 316 g/mol. The van der Waals surface area contributed by atoms with Gasteiger partial charge in [0.1, 0.15) is 5.82 Å². The van der Waals surface area contributed by atoms with Crippen LogP contribution in [0.3, 0.4) is 0 Å². The van der Waals surface area contributed by atoms with Gasteiger partial charge in [0.2, 0.25) is 5.09 Å². The van der Waals surface area contributed by atoms with E-state index in [4.69, 9.17) is 4.42 Å². The van der Waals surface area contributed by atoms with Crippen LogP contribution < -0.4 is 0 Å². The van der Waals surface area contributed by atoms with Crippen LogP contribution in [0.15, 0.2) is 52.3 Å². The van der Waals surface area contributed by atoms with Gasteiger partial charge in [0, 0.05) is 25.2 Å². The minimum Gasteiger partial charge on any atom is -0.452 e. The Kier molecular flexibility index (Phi) is 3.42. The van der Waals surface area contributed by atoms with Crippen LogP contribution in [0.2, 0.25) is 0 Å². The predicted molar refractivity (Wildman–Crippen MR) is 82.4 cm³/mol. The Hall–Kier alpha value is -2.19. The molecule has 1 aliphatic heterocycles. The second kappa shape index (κ2) is 5.47. The van der Waals surface area contributed by atoms with Crippen LogP contribution in [0, 0.1) is 0 Å². The maximum atomic E-state index is 12.6. The Morgan fingerprint density at radius 2 is 2.09 bits per heavy atom. The molecule has 4 heterocycles. The topological polar surface area (TPSA) is 80.7 Å². The van der Waals surface area contributed by atoms with Gasteiger partial charge in [-0.15, -0.1) is 10.2 Å². The van der Waals surface area contributed by atoms with Crippen molar-refractivity contribution in [1.82, 2.24) is 18.9 Å². The highest BCUT2D eigenvalue weighted by Gasteiger charge is 2.34. The second-order valence-corrected chi connectivity index (χ2v) is 7.49. The molecule has 7 nitrogen and oxygen atoms in total. The lowest BCUT2D eigenvalue weighted by Gasteiger charge is -2.30. The molecule has 1 saturated heterocycles. The van der Waals surface area contributed by atoms with Crippen LogP contribution in [0.4, 0.5) is 0 Å². The minimum absolute atomic E-state index is 0.00995. The Morgan fingerprint density at radius 3 is 2.91 bits per heavy atom. The standard InChI is InChI=1S/C15H16N4O3S/c20-23(21,14-7-4-10-22-14)18-8-3-5-12(11-18)15-17-16-13-6-1-2-9-19(13)15/h1-2,4,6-7,9-10,12H,3,5,8,11H2. The van der Waals surface area contributed by atoms with E-state index in [0.717, 1.165) is 24.3 Å². The zero-order chi connectivity index (χ0) is 15.9. The van der Waals surface area contributed by atoms with Crippen molar-refractivity contribution in [3.05, 3.63) is 48.6 Å². The maximum Gasteiger partial charge on any atom is 0.276 e. The molecule has 1 aliphatic rings. The summed E-state index contributed by atoms with van der Waals surface area (Å²) in [5.74, 6) is 0.825. The van der Waals surface area contributed by atoms with Gasteiger partial charge in [0.25, 0.3) is 10.0 Å². The van der Waals surface area contributed by atoms with Crippen molar-refractivity contribution < 1.29 is 12.8 Å². The number of fused-ring (bicyclic) bond motifs is 1. The number of aromatic nitrogens is 3. The SMILES string of the molecule is O=S(=O)(c1ccco1)N1CCCC(c2nnc3ccccn23)C1. The lowest BCUT2D eigenvalue weighted by molar-refractivity contribution is 0.299. The molecular formula is C15H16N4O3S. The quantitative estimate of drug-likeness (QED) is 0.731. The van der Waals surface area contributed by atoms with Crippen molar-refractivity contribution in [2.45, 2.75) is 23.9 Å². The maximum absolute atomic E-state index is 12.6. The summed E-state index contributed by atoms with van der Waals surface area (Å²) in [4.78, 5) is 0. The molecule has 1 fully saturated rings. The van der Waals surface area contributed by atoms with E-state index < -0.39 is 10.0 Å². The number of sulfonamides is 1. The van der Waals surface area contributed by atoms with Crippen molar-refractivity contribution in [3.63, 3.8) is 0 Å². The van der Waals surface area contributed by atoms with E-state index in [-0.39, 0.29) is 11.0 Å². The van der Waals surface area contributed by atoms with E-state index in [0.29, 0.717) is 13.1 Å². The fourth-order valence-corrected chi connectivity index (χ4v) is 4.48. The van der Waals surface area contributed by atoms with Gasteiger partial charge in [-0.3, -0.25) is 4.40 Å². The first-order valence-electron chi connectivity index (χ1n) is 7.49. The molecule has 0 radical (unpaired) electrons. The molecule has 8 heteroatoms. The summed E-state index contributed by atoms with van der Waals surface area (Å²) in [5.41, 5.74) is 0.772. The van der Waals surface area contributed by atoms with Gasteiger partial charge in [-0.05, 0) is 37.1 Å². The number of piperidine rings is 1. The molecule has 3 aromatic rings. The van der Waals surface area contributed by atoms with E-state index >= 15 is 0 Å². The van der Waals surface area contributed by atoms with Gasteiger partial charge in [-0.2, -0.15) is 4.31 Å². The first-order chi connectivity index (χ1) is 11.2. The van der Waals surface area contributed by atoms with Gasteiger partial charge in [-0.1, -0.05) is 6.07 Å². The van der Waals surface area contributed by atoms with Crippen LogP contribution >= 0.6 is 0 Å². The smallest absolute Gasteiger partial charge is 0.276 e. The van der Waals surface area contributed by atoms with Crippen molar-refractivity contribution in [2.75, 3.05) is 13.1 Å². The first kappa shape index (κ1) is 14.4. The van der Waals surface area contributed by atoms with E-state index in [9.17, 15) is 8.42 Å². The molecule has 0 spiro atoms. The van der Waals surface area contributed by atoms with Crippen molar-refractivity contribution in [3.8, 4) is 0 Å². The highest BCUT2D eigenvalue weighted by Crippen LogP contribution is 2.29. The zero-order valence-corrected chi connectivity index (χ0v) is 13.2. The van der Waals surface area contributed by atoms with Gasteiger partial charge < -0.3 is 4.42 Å². The van der Waals surface area contributed by atoms with Crippen LogP contribution in [0.5, 0.6) is 0 Å². The molecule has 0 amide bonds. The Labute approximate surface area is 133 Å². The third-order valence-electron chi connectivity index (χ3n) is 4.18. The number of rotatable bonds is 3. The molecule has 4 rings (SSSR count). The molecule has 0 saturated carbocycles. The number of hydrogen-bond donors (Lipinski definition) is 0. The second-order valence-electron chi connectivity index (χ2n) is 5.62. The Bertz CT molecular complexity index is 917. The van der Waals surface area contributed by atoms with Crippen LogP contribution in [-0.4, -0.2) is 40.4 Å². The molecule has 0 aromatic carbocycles. The lowest BCUT2D eigenvalue weighted by atomic mass is 9.99. The highest BCUT2D eigenvalue weighted by molar-refractivity contribution is 7.89. The summed E-state index contributed by atoms with van der Waals surface area (Å²) in [6, 6.07) is 8.77. The third kappa shape index (κ3) is 2.43. The summed E-state index contributed by atoms with van der Waals surface area (Å²) in [6.07, 6.45) is 4.96. The summed E-state index contributed by atoms with van der Waals surface area (Å²) in [5, 5.41) is 8.41. The monoisotopic (exact) mass is 332 g/mol. The fourth-order valence-electron chi connectivity index (χ4n) is 3.05. The Balaban J connectivity index is 1.65. The van der Waals surface area contributed by atoms with Crippen molar-refractivity contribution in [2.24, 2.45) is 0 Å². The number of furan rings is 1. The fraction of sp³-hybridized carbons (Fsp3) is 0.333. The summed E-state index contributed by atoms with van der Waals surface area (Å²) in [6.45, 7) is 0.884. The molecule has 23 heavy (non-hydrogen) atoms. The normalized spacial score (nSPS) is 20.1. The van der Waals surface area contributed by atoms with E-state index in [1.165, 1.54) is 16.6 Å². The predicted octanol–water partition coefficient (Wildman–Crippen LogP) is 1.89. The number of hydrogen-bond acceptors (Lipinski definition) is 5. The first-order valence-corrected chi connectivity index (χ1v) is 8.93. The molecule has 0 N–H and O–H groups in total. The third-order valence-corrected chi connectivity index (χ3v) is 5.93. The Morgan fingerprint density at radius 1 is 1.17 bits per heavy atom. The zero-order valence-electron chi connectivity index (χ0n) is 12.4. The molecule has 3 aromatic heterocycles. The van der Waals surface area contributed by atoms with Gasteiger partial charge in [-0.25, -0.2) is 8.42 Å². The largest absolute Gasteiger partial charge is 0.452 e. The van der Waals surface area contributed by atoms with E-state index in [1.54, 1.807) is 6.07 Å². The van der Waals surface area contributed by atoms with Gasteiger partial charge in [0.15, 0.2) is 5.65 Å². The highest BCUT2D eigenvalue weighted by atomic mass is 32.2. The van der Waals surface area contributed by atoms with Gasteiger partial charge >= 0.3 is 0 Å². The van der Waals surface area contributed by atoms with E-state index in [1.807, 2.05) is 28.8 Å². The summed E-state index contributed by atoms with van der Waals surface area (Å²) >= 11 is 0. The summed E-state index contributed by atoms with van der Waals surface area (Å²) < 4.78 is 33.7. The average Bonchev–Trinajstić information content (AvgIpc) is 3.25. The van der Waals surface area contributed by atoms with E-state index in [2.05, 4.69) is 10.2 Å². The van der Waals surface area contributed by atoms with Crippen molar-refractivity contribution in [1.29, 1.82) is 0 Å². The lowest BCUT2D eigenvalue weighted by Crippen LogP contribution is -2.39. The van der Waals surface area contributed by atoms with Crippen LogP contribution in [0.25, 0.3) is 5.65 Å². The molecule has 1 atom stereocenters. The molecule has 0 bridgehead atoms. The number of nitrogens with zero attached hydrogens (tertiary/aromatic N) is 4. The van der Waals surface area contributed by atoms with Crippen LogP contribution in [-0.2, 0) is 10.0 Å². The number of pyridine rings is 1. The van der Waals surface area contributed by atoms with Gasteiger partial charge in [0.05, 0.1) is 6.26 Å². The summed E-state index contributed by atoms with van der Waals surface area (Å²) in [7, 11) is -3.59. The average molecular weight is 332 g/mol. The van der Waals surface area contributed by atoms with Crippen molar-refractivity contribution >= 4 is 15.7 Å². The minimum atomic E-state index is -3.59.